The summed E-state index contributed by atoms with van der Waals surface area (Å²) in [5.41, 5.74) is 6.64. The molecule has 1 heterocycles. The zero-order valence-corrected chi connectivity index (χ0v) is 20.9. The SMILES string of the molecule is Cc1cc(-c2ccccc2)cc(-c2ccccc2)[n+]1-c1cc(Br)c(O)c(Br)c1.[I-]. The summed E-state index contributed by atoms with van der Waals surface area (Å²) >= 11 is 6.91. The summed E-state index contributed by atoms with van der Waals surface area (Å²) in [6.45, 7) is 2.10. The van der Waals surface area contributed by atoms with Gasteiger partial charge in [0.25, 0.3) is 0 Å². The Kier molecular flexibility index (Phi) is 7.14. The van der Waals surface area contributed by atoms with Gasteiger partial charge < -0.3 is 29.1 Å². The molecule has 0 aliphatic rings. The van der Waals surface area contributed by atoms with Crippen molar-refractivity contribution >= 4 is 31.9 Å². The molecule has 0 saturated heterocycles. The number of aromatic nitrogens is 1. The molecule has 0 fully saturated rings. The van der Waals surface area contributed by atoms with Gasteiger partial charge in [-0.2, -0.15) is 4.57 Å². The minimum absolute atomic E-state index is 0. The van der Waals surface area contributed by atoms with Gasteiger partial charge in [0.2, 0.25) is 11.4 Å². The van der Waals surface area contributed by atoms with Crippen molar-refractivity contribution in [3.8, 4) is 33.8 Å². The average Bonchev–Trinajstić information content (AvgIpc) is 2.72. The molecule has 0 aliphatic heterocycles. The fraction of sp³-hybridized carbons (Fsp3) is 0.0417. The molecule has 4 aromatic rings. The Labute approximate surface area is 204 Å². The Hall–Kier alpha value is -1.70. The second kappa shape index (κ2) is 9.41. The number of phenolic OH excluding ortho intramolecular Hbond substituents is 1. The summed E-state index contributed by atoms with van der Waals surface area (Å²) in [5, 5.41) is 10.1. The van der Waals surface area contributed by atoms with E-state index in [1.165, 1.54) is 11.1 Å². The van der Waals surface area contributed by atoms with Crippen molar-refractivity contribution in [2.75, 3.05) is 0 Å². The molecule has 3 aromatic carbocycles. The molecule has 5 heteroatoms. The van der Waals surface area contributed by atoms with E-state index in [0.717, 1.165) is 22.6 Å². The Balaban J connectivity index is 0.00000240. The molecular weight excluding hydrogens is 605 g/mol. The number of pyridine rings is 1. The minimum Gasteiger partial charge on any atom is -1.00 e. The van der Waals surface area contributed by atoms with Gasteiger partial charge in [-0.3, -0.25) is 0 Å². The molecule has 0 spiro atoms. The monoisotopic (exact) mass is 621 g/mol. The van der Waals surface area contributed by atoms with E-state index >= 15 is 0 Å². The maximum atomic E-state index is 10.1. The number of hydrogen-bond acceptors (Lipinski definition) is 1. The van der Waals surface area contributed by atoms with Crippen LogP contribution >= 0.6 is 31.9 Å². The number of benzene rings is 3. The lowest BCUT2D eigenvalue weighted by Gasteiger charge is -2.11. The number of rotatable bonds is 3. The van der Waals surface area contributed by atoms with Crippen molar-refractivity contribution in [1.29, 1.82) is 0 Å². The number of hydrogen-bond donors (Lipinski definition) is 1. The first-order chi connectivity index (χ1) is 13.5. The summed E-state index contributed by atoms with van der Waals surface area (Å²) in [5.74, 6) is 0.198. The van der Waals surface area contributed by atoms with Gasteiger partial charge in [-0.1, -0.05) is 48.5 Å². The van der Waals surface area contributed by atoms with Gasteiger partial charge in [0.05, 0.1) is 8.95 Å². The molecule has 0 bridgehead atoms. The highest BCUT2D eigenvalue weighted by atomic mass is 127. The fourth-order valence-corrected chi connectivity index (χ4v) is 4.54. The van der Waals surface area contributed by atoms with Gasteiger partial charge in [0.1, 0.15) is 5.75 Å². The predicted octanol–water partition coefficient (Wildman–Crippen LogP) is 3.84. The van der Waals surface area contributed by atoms with E-state index in [1.807, 2.05) is 36.4 Å². The largest absolute Gasteiger partial charge is 1.00 e. The molecular formula is C24H18Br2INO. The van der Waals surface area contributed by atoms with Crippen LogP contribution in [-0.4, -0.2) is 5.11 Å². The standard InChI is InChI=1S/C24H17Br2NO.HI/c1-16-12-19(17-8-4-2-5-9-17)13-23(18-10-6-3-7-11-18)27(16)20-14-21(25)24(28)22(26)15-20;/h2-15H,1H3;1H. The summed E-state index contributed by atoms with van der Waals surface area (Å²) in [4.78, 5) is 0. The summed E-state index contributed by atoms with van der Waals surface area (Å²) in [6.07, 6.45) is 0. The van der Waals surface area contributed by atoms with Gasteiger partial charge in [-0.05, 0) is 55.1 Å². The molecule has 0 unspecified atom stereocenters. The van der Waals surface area contributed by atoms with Crippen molar-refractivity contribution < 1.29 is 33.7 Å². The Bertz CT molecular complexity index is 1130. The number of phenols is 1. The lowest BCUT2D eigenvalue weighted by atomic mass is 10.0. The van der Waals surface area contributed by atoms with Crippen LogP contribution in [0, 0.1) is 6.92 Å². The summed E-state index contributed by atoms with van der Waals surface area (Å²) in [7, 11) is 0. The van der Waals surface area contributed by atoms with E-state index in [-0.39, 0.29) is 29.7 Å². The molecule has 29 heavy (non-hydrogen) atoms. The van der Waals surface area contributed by atoms with E-state index in [1.54, 1.807) is 0 Å². The Morgan fingerprint density at radius 3 is 1.76 bits per heavy atom. The molecule has 0 amide bonds. The van der Waals surface area contributed by atoms with Crippen LogP contribution in [0.1, 0.15) is 5.69 Å². The molecule has 1 aromatic heterocycles. The normalized spacial score (nSPS) is 10.4. The maximum absolute atomic E-state index is 10.1. The third kappa shape index (κ3) is 4.57. The van der Waals surface area contributed by atoms with Gasteiger partial charge in [0, 0.05) is 36.8 Å². The van der Waals surface area contributed by atoms with Crippen LogP contribution in [0.5, 0.6) is 5.75 Å². The topological polar surface area (TPSA) is 24.1 Å². The van der Waals surface area contributed by atoms with E-state index in [4.69, 9.17) is 0 Å². The highest BCUT2D eigenvalue weighted by molar-refractivity contribution is 9.11. The van der Waals surface area contributed by atoms with E-state index in [0.29, 0.717) is 8.95 Å². The molecule has 4 rings (SSSR count). The molecule has 0 radical (unpaired) electrons. The zero-order valence-electron chi connectivity index (χ0n) is 15.6. The number of aromatic hydroxyl groups is 1. The van der Waals surface area contributed by atoms with Gasteiger partial charge >= 0.3 is 0 Å². The summed E-state index contributed by atoms with van der Waals surface area (Å²) in [6, 6.07) is 29.0. The van der Waals surface area contributed by atoms with E-state index < -0.39 is 0 Å². The highest BCUT2D eigenvalue weighted by Crippen LogP contribution is 2.34. The first-order valence-electron chi connectivity index (χ1n) is 8.90. The van der Waals surface area contributed by atoms with Crippen molar-refractivity contribution in [3.05, 3.63) is 99.6 Å². The molecule has 1 N–H and O–H groups in total. The summed E-state index contributed by atoms with van der Waals surface area (Å²) < 4.78 is 3.50. The van der Waals surface area contributed by atoms with Crippen LogP contribution < -0.4 is 28.5 Å². The Morgan fingerprint density at radius 2 is 1.21 bits per heavy atom. The lowest BCUT2D eigenvalue weighted by Crippen LogP contribution is -3.00. The van der Waals surface area contributed by atoms with E-state index in [9.17, 15) is 5.11 Å². The Morgan fingerprint density at radius 1 is 0.690 bits per heavy atom. The van der Waals surface area contributed by atoms with Gasteiger partial charge in [0.15, 0.2) is 5.69 Å². The quantitative estimate of drug-likeness (QED) is 0.273. The smallest absolute Gasteiger partial charge is 0.219 e. The second-order valence-electron chi connectivity index (χ2n) is 6.60. The highest BCUT2D eigenvalue weighted by Gasteiger charge is 2.23. The molecule has 0 atom stereocenters. The van der Waals surface area contributed by atoms with Crippen molar-refractivity contribution in [2.24, 2.45) is 0 Å². The van der Waals surface area contributed by atoms with Crippen LogP contribution in [0.25, 0.3) is 28.1 Å². The van der Waals surface area contributed by atoms with Crippen LogP contribution in [0.4, 0.5) is 0 Å². The molecule has 0 aliphatic carbocycles. The third-order valence-electron chi connectivity index (χ3n) is 4.69. The molecule has 0 saturated carbocycles. The lowest BCUT2D eigenvalue weighted by molar-refractivity contribution is -0.591. The second-order valence-corrected chi connectivity index (χ2v) is 8.30. The fourth-order valence-electron chi connectivity index (χ4n) is 3.38. The van der Waals surface area contributed by atoms with Gasteiger partial charge in [-0.15, -0.1) is 0 Å². The van der Waals surface area contributed by atoms with Crippen LogP contribution in [0.3, 0.4) is 0 Å². The van der Waals surface area contributed by atoms with Crippen LogP contribution in [0.2, 0.25) is 0 Å². The van der Waals surface area contributed by atoms with Crippen LogP contribution in [0.15, 0.2) is 93.9 Å². The first kappa shape index (κ1) is 22.0. The third-order valence-corrected chi connectivity index (χ3v) is 5.90. The average molecular weight is 623 g/mol. The minimum atomic E-state index is 0. The molecule has 2 nitrogen and oxygen atoms in total. The zero-order chi connectivity index (χ0) is 19.7. The maximum Gasteiger partial charge on any atom is 0.219 e. The first-order valence-corrected chi connectivity index (χ1v) is 10.5. The number of halogens is 3. The number of nitrogens with zero attached hydrogens (tertiary/aromatic N) is 1. The van der Waals surface area contributed by atoms with Crippen LogP contribution in [-0.2, 0) is 0 Å². The number of aryl methyl sites for hydroxylation is 1. The van der Waals surface area contributed by atoms with Crippen molar-refractivity contribution in [1.82, 2.24) is 0 Å². The van der Waals surface area contributed by atoms with E-state index in [2.05, 4.69) is 91.9 Å². The van der Waals surface area contributed by atoms with Crippen molar-refractivity contribution in [2.45, 2.75) is 6.92 Å². The molecule has 146 valence electrons. The van der Waals surface area contributed by atoms with Crippen molar-refractivity contribution in [3.63, 3.8) is 0 Å². The predicted molar refractivity (Wildman–Crippen MR) is 121 cm³/mol. The van der Waals surface area contributed by atoms with Gasteiger partial charge in [-0.25, -0.2) is 0 Å².